The van der Waals surface area contributed by atoms with Crippen LogP contribution in [0.4, 0.5) is 4.79 Å². The van der Waals surface area contributed by atoms with Gasteiger partial charge in [-0.05, 0) is 31.2 Å². The van der Waals surface area contributed by atoms with Crippen LogP contribution in [0.15, 0.2) is 30.3 Å². The minimum atomic E-state index is -0.500. The number of benzene rings is 1. The molecule has 0 aliphatic carbocycles. The molecule has 1 heterocycles. The number of rotatable bonds is 6. The van der Waals surface area contributed by atoms with Gasteiger partial charge in [0.05, 0.1) is 6.10 Å². The zero-order chi connectivity index (χ0) is 15.1. The summed E-state index contributed by atoms with van der Waals surface area (Å²) in [6.07, 6.45) is 4.21. The smallest absolute Gasteiger partial charge is 0.317 e. The van der Waals surface area contributed by atoms with Gasteiger partial charge in [0, 0.05) is 19.1 Å². The third-order valence-electron chi connectivity index (χ3n) is 4.12. The van der Waals surface area contributed by atoms with Crippen molar-refractivity contribution < 1.29 is 9.90 Å². The number of carbonyl (C=O) groups excluding carboxylic acids is 1. The molecule has 2 rings (SSSR count). The number of nitrogens with one attached hydrogen (secondary N) is 1. The van der Waals surface area contributed by atoms with Crippen LogP contribution in [0.1, 0.15) is 50.7 Å². The number of unbranched alkanes of at least 4 members (excludes halogenated alkanes) is 1. The van der Waals surface area contributed by atoms with Crippen molar-refractivity contribution in [1.82, 2.24) is 10.2 Å². The minimum Gasteiger partial charge on any atom is -0.388 e. The lowest BCUT2D eigenvalue weighted by atomic mass is 10.0. The molecule has 0 radical (unpaired) electrons. The molecule has 1 saturated heterocycles. The minimum absolute atomic E-state index is 0.0196. The monoisotopic (exact) mass is 290 g/mol. The summed E-state index contributed by atoms with van der Waals surface area (Å²) in [7, 11) is 0. The maximum Gasteiger partial charge on any atom is 0.317 e. The lowest BCUT2D eigenvalue weighted by Crippen LogP contribution is -2.43. The first-order chi connectivity index (χ1) is 10.2. The molecule has 1 aromatic carbocycles. The Labute approximate surface area is 127 Å². The van der Waals surface area contributed by atoms with Gasteiger partial charge in [0.1, 0.15) is 0 Å². The molecule has 21 heavy (non-hydrogen) atoms. The van der Waals surface area contributed by atoms with Crippen LogP contribution >= 0.6 is 0 Å². The predicted molar refractivity (Wildman–Crippen MR) is 84.1 cm³/mol. The Bertz CT molecular complexity index is 436. The van der Waals surface area contributed by atoms with Gasteiger partial charge in [0.2, 0.25) is 0 Å². The molecular formula is C17H26N2O2. The predicted octanol–water partition coefficient (Wildman–Crippen LogP) is 3.08. The summed E-state index contributed by atoms with van der Waals surface area (Å²) in [6, 6.07) is 9.84. The van der Waals surface area contributed by atoms with Crippen molar-refractivity contribution in [2.45, 2.75) is 51.2 Å². The molecule has 0 saturated carbocycles. The van der Waals surface area contributed by atoms with E-state index in [9.17, 15) is 9.90 Å². The Kier molecular flexibility index (Phi) is 6.05. The largest absolute Gasteiger partial charge is 0.388 e. The van der Waals surface area contributed by atoms with Gasteiger partial charge >= 0.3 is 6.03 Å². The van der Waals surface area contributed by atoms with Gasteiger partial charge in [-0.1, -0.05) is 43.7 Å². The van der Waals surface area contributed by atoms with Gasteiger partial charge in [0.25, 0.3) is 0 Å². The first kappa shape index (κ1) is 15.8. The molecule has 4 nitrogen and oxygen atoms in total. The van der Waals surface area contributed by atoms with E-state index >= 15 is 0 Å². The van der Waals surface area contributed by atoms with Gasteiger partial charge < -0.3 is 15.3 Å². The normalized spacial score (nSPS) is 19.5. The highest BCUT2D eigenvalue weighted by Gasteiger charge is 2.30. The number of aliphatic hydroxyl groups is 1. The van der Waals surface area contributed by atoms with E-state index < -0.39 is 6.10 Å². The average molecular weight is 290 g/mol. The maximum absolute atomic E-state index is 12.2. The van der Waals surface area contributed by atoms with Crippen LogP contribution < -0.4 is 5.32 Å². The van der Waals surface area contributed by atoms with Crippen LogP contribution in [0.2, 0.25) is 0 Å². The fraction of sp³-hybridized carbons (Fsp3) is 0.588. The van der Waals surface area contributed by atoms with E-state index in [4.69, 9.17) is 0 Å². The first-order valence-corrected chi connectivity index (χ1v) is 8.00. The van der Waals surface area contributed by atoms with Crippen LogP contribution in [0.5, 0.6) is 0 Å². The molecule has 4 heteroatoms. The number of nitrogens with zero attached hydrogens (tertiary/aromatic N) is 1. The van der Waals surface area contributed by atoms with Crippen molar-refractivity contribution in [1.29, 1.82) is 0 Å². The summed E-state index contributed by atoms with van der Waals surface area (Å²) < 4.78 is 0. The molecule has 116 valence electrons. The summed E-state index contributed by atoms with van der Waals surface area (Å²) in [5.74, 6) is 0. The Hall–Kier alpha value is -1.55. The van der Waals surface area contributed by atoms with Gasteiger partial charge in [-0.15, -0.1) is 0 Å². The number of urea groups is 1. The molecule has 1 aliphatic heterocycles. The zero-order valence-corrected chi connectivity index (χ0v) is 12.8. The quantitative estimate of drug-likeness (QED) is 0.791. The number of hydrogen-bond acceptors (Lipinski definition) is 2. The van der Waals surface area contributed by atoms with Crippen molar-refractivity contribution in [2.24, 2.45) is 0 Å². The third kappa shape index (κ3) is 4.46. The zero-order valence-electron chi connectivity index (χ0n) is 12.8. The first-order valence-electron chi connectivity index (χ1n) is 8.00. The summed E-state index contributed by atoms with van der Waals surface area (Å²) in [4.78, 5) is 14.1. The van der Waals surface area contributed by atoms with Crippen molar-refractivity contribution in [3.63, 3.8) is 0 Å². The van der Waals surface area contributed by atoms with Crippen molar-refractivity contribution in [3.05, 3.63) is 35.9 Å². The van der Waals surface area contributed by atoms with Crippen molar-refractivity contribution in [2.75, 3.05) is 13.1 Å². The van der Waals surface area contributed by atoms with E-state index in [0.717, 1.165) is 44.3 Å². The van der Waals surface area contributed by atoms with Gasteiger partial charge in [-0.3, -0.25) is 0 Å². The van der Waals surface area contributed by atoms with E-state index in [1.807, 2.05) is 35.2 Å². The van der Waals surface area contributed by atoms with E-state index in [0.29, 0.717) is 6.42 Å². The second-order valence-corrected chi connectivity index (χ2v) is 5.74. The highest BCUT2D eigenvalue weighted by atomic mass is 16.3. The molecule has 1 aliphatic rings. The molecular weight excluding hydrogens is 264 g/mol. The van der Waals surface area contributed by atoms with Crippen LogP contribution in [0, 0.1) is 0 Å². The second-order valence-electron chi connectivity index (χ2n) is 5.74. The van der Waals surface area contributed by atoms with E-state index in [1.54, 1.807) is 0 Å². The molecule has 2 atom stereocenters. The molecule has 0 spiro atoms. The van der Waals surface area contributed by atoms with Crippen LogP contribution in [-0.4, -0.2) is 35.2 Å². The van der Waals surface area contributed by atoms with Crippen LogP contribution in [-0.2, 0) is 0 Å². The Morgan fingerprint density at radius 1 is 1.43 bits per heavy atom. The Morgan fingerprint density at radius 3 is 2.90 bits per heavy atom. The topological polar surface area (TPSA) is 52.6 Å². The van der Waals surface area contributed by atoms with Crippen LogP contribution in [0.3, 0.4) is 0 Å². The van der Waals surface area contributed by atoms with E-state index in [-0.39, 0.29) is 12.1 Å². The van der Waals surface area contributed by atoms with Crippen molar-refractivity contribution in [3.8, 4) is 0 Å². The summed E-state index contributed by atoms with van der Waals surface area (Å²) in [5, 5.41) is 13.3. The summed E-state index contributed by atoms with van der Waals surface area (Å²) in [5.41, 5.74) is 0.927. The van der Waals surface area contributed by atoms with Crippen LogP contribution in [0.25, 0.3) is 0 Å². The molecule has 2 amide bonds. The highest BCUT2D eigenvalue weighted by Crippen LogP contribution is 2.27. The number of carbonyl (C=O) groups is 1. The van der Waals surface area contributed by atoms with Crippen molar-refractivity contribution >= 4 is 6.03 Å². The Balaban J connectivity index is 1.88. The number of hydrogen-bond donors (Lipinski definition) is 2. The lowest BCUT2D eigenvalue weighted by molar-refractivity contribution is 0.126. The second kappa shape index (κ2) is 8.03. The highest BCUT2D eigenvalue weighted by molar-refractivity contribution is 5.74. The molecule has 1 fully saturated rings. The maximum atomic E-state index is 12.2. The van der Waals surface area contributed by atoms with Gasteiger partial charge in [-0.2, -0.15) is 0 Å². The summed E-state index contributed by atoms with van der Waals surface area (Å²) in [6.45, 7) is 3.64. The number of likely N-dealkylation sites (tertiary alicyclic amines) is 1. The van der Waals surface area contributed by atoms with Gasteiger partial charge in [0.15, 0.2) is 0 Å². The third-order valence-corrected chi connectivity index (χ3v) is 4.12. The Morgan fingerprint density at radius 2 is 2.19 bits per heavy atom. The fourth-order valence-electron chi connectivity index (χ4n) is 2.89. The van der Waals surface area contributed by atoms with Gasteiger partial charge in [-0.25, -0.2) is 4.79 Å². The molecule has 0 aromatic heterocycles. The average Bonchev–Trinajstić information content (AvgIpc) is 2.96. The van der Waals surface area contributed by atoms with E-state index in [1.165, 1.54) is 0 Å². The number of aliphatic hydroxyl groups excluding tert-OH is 1. The standard InChI is InChI=1S/C17H26N2O2/c1-2-3-11-18-17(21)19-12-7-10-15(19)13-16(20)14-8-5-4-6-9-14/h4-6,8-9,15-16,20H,2-3,7,10-13H2,1H3,(H,18,21)/t15-,16+/m1/s1. The van der Waals surface area contributed by atoms with E-state index in [2.05, 4.69) is 12.2 Å². The molecule has 0 unspecified atom stereocenters. The SMILES string of the molecule is CCCCNC(=O)N1CCC[C@@H]1C[C@H](O)c1ccccc1. The molecule has 0 bridgehead atoms. The number of amides is 2. The fourth-order valence-corrected chi connectivity index (χ4v) is 2.89. The lowest BCUT2D eigenvalue weighted by Gasteiger charge is -2.27. The molecule has 1 aromatic rings. The molecule has 2 N–H and O–H groups in total. The summed E-state index contributed by atoms with van der Waals surface area (Å²) >= 11 is 0.